The van der Waals surface area contributed by atoms with Gasteiger partial charge < -0.3 is 9.47 Å². The Hall–Kier alpha value is -9.76. The maximum Gasteiger partial charge on any atom is 0.0620 e. The van der Waals surface area contributed by atoms with Gasteiger partial charge in [-0.2, -0.15) is 0 Å². The second kappa shape index (κ2) is 18.4. The number of rotatable bonds is 9. The van der Waals surface area contributed by atoms with Crippen molar-refractivity contribution in [2.45, 2.75) is 38.5 Å². The third-order valence-electron chi connectivity index (χ3n) is 17.6. The van der Waals surface area contributed by atoms with Crippen molar-refractivity contribution >= 4 is 38.7 Å². The van der Waals surface area contributed by atoms with E-state index in [-0.39, 0.29) is 10.8 Å². The predicted octanol–water partition coefficient (Wildman–Crippen LogP) is 21.2. The molecule has 0 bridgehead atoms. The summed E-state index contributed by atoms with van der Waals surface area (Å²) in [5.41, 5.74) is 28.0. The number of nitrogens with zero attached hydrogens (tertiary/aromatic N) is 2. The normalized spacial score (nSPS) is 13.4. The SMILES string of the molecule is CC1(C)c2ccccc2-c2ccc(N(c3ccc(-c4ccccc4)cc3)c3ccc4c(c3)C(C)(C)c3cc(-c5cc6c(-c7ccccc7)c(-c7ccccc7)n(-c7ccc(-c8ccccc8)cc7)c6c6ccccc56)ccc3-4)cc21. The Morgan fingerprint density at radius 2 is 0.688 bits per heavy atom. The lowest BCUT2D eigenvalue weighted by Crippen LogP contribution is -2.18. The molecule has 0 spiro atoms. The van der Waals surface area contributed by atoms with Gasteiger partial charge in [0, 0.05) is 49.9 Å². The molecule has 2 aliphatic carbocycles. The van der Waals surface area contributed by atoms with Crippen LogP contribution in [0.15, 0.2) is 279 Å². The molecule has 0 radical (unpaired) electrons. The Bertz CT molecular complexity index is 4530. The van der Waals surface area contributed by atoms with E-state index in [4.69, 9.17) is 0 Å². The first-order valence-corrected chi connectivity index (χ1v) is 28.1. The van der Waals surface area contributed by atoms with E-state index < -0.39 is 0 Å². The van der Waals surface area contributed by atoms with E-state index in [9.17, 15) is 0 Å². The second-order valence-electron chi connectivity index (χ2n) is 22.8. The molecule has 0 saturated heterocycles. The molecule has 0 atom stereocenters. The van der Waals surface area contributed by atoms with Crippen LogP contribution in [0.25, 0.3) is 105 Å². The number of anilines is 3. The molecule has 15 rings (SSSR count). The van der Waals surface area contributed by atoms with Gasteiger partial charge in [0.05, 0.1) is 11.2 Å². The number of hydrogen-bond donors (Lipinski definition) is 0. The summed E-state index contributed by atoms with van der Waals surface area (Å²) in [5, 5.41) is 3.66. The fourth-order valence-corrected chi connectivity index (χ4v) is 13.6. The Morgan fingerprint density at radius 1 is 0.275 bits per heavy atom. The van der Waals surface area contributed by atoms with E-state index in [2.05, 4.69) is 316 Å². The van der Waals surface area contributed by atoms with Crippen LogP contribution in [0.1, 0.15) is 49.9 Å². The molecule has 0 unspecified atom stereocenters. The van der Waals surface area contributed by atoms with Crippen molar-refractivity contribution in [3.8, 4) is 83.7 Å². The Balaban J connectivity index is 0.884. The summed E-state index contributed by atoms with van der Waals surface area (Å²) in [7, 11) is 0. The Kier molecular flexibility index (Phi) is 10.9. The molecule has 0 fully saturated rings. The highest BCUT2D eigenvalue weighted by molar-refractivity contribution is 6.20. The average Bonchev–Trinajstić information content (AvgIpc) is 4.10. The quantitative estimate of drug-likeness (QED) is 0.140. The molecule has 2 nitrogen and oxygen atoms in total. The molecule has 0 saturated carbocycles. The van der Waals surface area contributed by atoms with Gasteiger partial charge >= 0.3 is 0 Å². The van der Waals surface area contributed by atoms with E-state index in [1.807, 2.05) is 0 Å². The molecule has 380 valence electrons. The van der Waals surface area contributed by atoms with Gasteiger partial charge in [0.15, 0.2) is 0 Å². The van der Waals surface area contributed by atoms with E-state index in [0.29, 0.717) is 0 Å². The van der Waals surface area contributed by atoms with Gasteiger partial charge in [0.25, 0.3) is 0 Å². The zero-order chi connectivity index (χ0) is 53.7. The molecular weight excluding hydrogens is 965 g/mol. The first kappa shape index (κ1) is 47.5. The zero-order valence-electron chi connectivity index (χ0n) is 45.5. The first-order chi connectivity index (χ1) is 39.2. The van der Waals surface area contributed by atoms with Crippen molar-refractivity contribution in [2.24, 2.45) is 0 Å². The summed E-state index contributed by atoms with van der Waals surface area (Å²) in [6, 6.07) is 104. The van der Waals surface area contributed by atoms with Crippen molar-refractivity contribution in [2.75, 3.05) is 4.90 Å². The molecule has 12 aromatic carbocycles. The first-order valence-electron chi connectivity index (χ1n) is 28.1. The summed E-state index contributed by atoms with van der Waals surface area (Å²) < 4.78 is 2.53. The lowest BCUT2D eigenvalue weighted by atomic mass is 9.81. The molecule has 13 aromatic rings. The summed E-state index contributed by atoms with van der Waals surface area (Å²) >= 11 is 0. The largest absolute Gasteiger partial charge is 0.310 e. The van der Waals surface area contributed by atoms with Gasteiger partial charge in [-0.3, -0.25) is 0 Å². The summed E-state index contributed by atoms with van der Waals surface area (Å²) in [6.07, 6.45) is 0. The molecule has 0 aliphatic heterocycles. The zero-order valence-corrected chi connectivity index (χ0v) is 45.5. The van der Waals surface area contributed by atoms with Gasteiger partial charge in [-0.05, 0) is 155 Å². The molecule has 1 heterocycles. The smallest absolute Gasteiger partial charge is 0.0620 e. The minimum Gasteiger partial charge on any atom is -0.310 e. The molecule has 0 N–H and O–H groups in total. The highest BCUT2D eigenvalue weighted by Crippen LogP contribution is 2.55. The third-order valence-corrected chi connectivity index (χ3v) is 17.6. The summed E-state index contributed by atoms with van der Waals surface area (Å²) in [6.45, 7) is 9.58. The van der Waals surface area contributed by atoms with Crippen LogP contribution in [0.4, 0.5) is 17.1 Å². The van der Waals surface area contributed by atoms with E-state index in [0.717, 1.165) is 22.7 Å². The molecule has 1 aromatic heterocycles. The highest BCUT2D eigenvalue weighted by Gasteiger charge is 2.38. The molecule has 2 heteroatoms. The van der Waals surface area contributed by atoms with Crippen LogP contribution in [0.2, 0.25) is 0 Å². The average molecular weight is 1020 g/mol. The van der Waals surface area contributed by atoms with Gasteiger partial charge in [0.1, 0.15) is 0 Å². The fraction of sp³-hybridized carbons (Fsp3) is 0.0769. The number of aromatic nitrogens is 1. The fourth-order valence-electron chi connectivity index (χ4n) is 13.6. The van der Waals surface area contributed by atoms with Crippen molar-refractivity contribution in [3.05, 3.63) is 301 Å². The Morgan fingerprint density at radius 3 is 1.27 bits per heavy atom. The standard InChI is InChI=1S/C78H58N2/c1-77(2)70-32-20-19-30-63(70)65-45-42-60(48-72(65)77)79(58-38-33-53(34-39-58)51-21-9-5-10-22-51)61-43-46-66-64-44-37-57(47-71(64)78(3,4)73(66)49-61)68-50-69-74(55-25-13-7-14-26-55)75(56-27-15-8-16-28-56)80(76(69)67-31-18-17-29-62(67)68)59-40-35-54(36-41-59)52-23-11-6-12-24-52/h5-50H,1-4H3. The number of benzene rings is 12. The molecule has 0 amide bonds. The lowest BCUT2D eigenvalue weighted by molar-refractivity contribution is 0.660. The predicted molar refractivity (Wildman–Crippen MR) is 338 cm³/mol. The second-order valence-corrected chi connectivity index (χ2v) is 22.8. The van der Waals surface area contributed by atoms with E-state index in [1.165, 1.54) is 122 Å². The van der Waals surface area contributed by atoms with Crippen LogP contribution in [0.3, 0.4) is 0 Å². The van der Waals surface area contributed by atoms with Gasteiger partial charge in [0.2, 0.25) is 0 Å². The number of fused-ring (bicyclic) bond motifs is 9. The van der Waals surface area contributed by atoms with Crippen LogP contribution in [0.5, 0.6) is 0 Å². The van der Waals surface area contributed by atoms with Crippen LogP contribution >= 0.6 is 0 Å². The summed E-state index contributed by atoms with van der Waals surface area (Å²) in [5.74, 6) is 0. The van der Waals surface area contributed by atoms with Crippen molar-refractivity contribution in [3.63, 3.8) is 0 Å². The van der Waals surface area contributed by atoms with Crippen molar-refractivity contribution in [1.82, 2.24) is 4.57 Å². The van der Waals surface area contributed by atoms with E-state index in [1.54, 1.807) is 0 Å². The van der Waals surface area contributed by atoms with Gasteiger partial charge in [-0.15, -0.1) is 0 Å². The minimum atomic E-state index is -0.300. The molecular formula is C78H58N2. The van der Waals surface area contributed by atoms with Crippen LogP contribution < -0.4 is 4.90 Å². The minimum absolute atomic E-state index is 0.133. The maximum absolute atomic E-state index is 2.53. The Labute approximate surface area is 469 Å². The monoisotopic (exact) mass is 1020 g/mol. The highest BCUT2D eigenvalue weighted by atomic mass is 15.1. The van der Waals surface area contributed by atoms with Crippen LogP contribution in [0, 0.1) is 0 Å². The number of hydrogen-bond acceptors (Lipinski definition) is 1. The van der Waals surface area contributed by atoms with Crippen molar-refractivity contribution in [1.29, 1.82) is 0 Å². The topological polar surface area (TPSA) is 8.17 Å². The third kappa shape index (κ3) is 7.47. The van der Waals surface area contributed by atoms with E-state index >= 15 is 0 Å². The van der Waals surface area contributed by atoms with Crippen LogP contribution in [-0.2, 0) is 10.8 Å². The summed E-state index contributed by atoms with van der Waals surface area (Å²) in [4.78, 5) is 2.47. The maximum atomic E-state index is 2.53. The van der Waals surface area contributed by atoms with Gasteiger partial charge in [-0.25, -0.2) is 0 Å². The van der Waals surface area contributed by atoms with Gasteiger partial charge in [-0.1, -0.05) is 246 Å². The van der Waals surface area contributed by atoms with Crippen LogP contribution in [-0.4, -0.2) is 4.57 Å². The molecule has 2 aliphatic rings. The molecule has 80 heavy (non-hydrogen) atoms. The van der Waals surface area contributed by atoms with Crippen molar-refractivity contribution < 1.29 is 0 Å². The lowest BCUT2D eigenvalue weighted by Gasteiger charge is -2.30.